The van der Waals surface area contributed by atoms with E-state index in [2.05, 4.69) is 80.7 Å². The summed E-state index contributed by atoms with van der Waals surface area (Å²) in [7, 11) is -1.55. The molecule has 2 aromatic rings. The van der Waals surface area contributed by atoms with Crippen LogP contribution in [0.3, 0.4) is 0 Å². The van der Waals surface area contributed by atoms with E-state index in [0.717, 1.165) is 6.42 Å². The highest BCUT2D eigenvalue weighted by molar-refractivity contribution is 6.92. The van der Waals surface area contributed by atoms with Gasteiger partial charge in [0.05, 0.1) is 8.07 Å². The summed E-state index contributed by atoms with van der Waals surface area (Å²) in [6.45, 7) is 7.26. The highest BCUT2D eigenvalue weighted by Gasteiger charge is 2.36. The zero-order valence-corrected chi connectivity index (χ0v) is 14.6. The van der Waals surface area contributed by atoms with E-state index in [4.69, 9.17) is 0 Å². The molecule has 0 heterocycles. The summed E-state index contributed by atoms with van der Waals surface area (Å²) in [5, 5.41) is 1.64. The van der Waals surface area contributed by atoms with Gasteiger partial charge in [0.1, 0.15) is 0 Å². The van der Waals surface area contributed by atoms with E-state index >= 15 is 0 Å². The Kier molecular flexibility index (Phi) is 3.02. The molecule has 0 aliphatic heterocycles. The van der Waals surface area contributed by atoms with Gasteiger partial charge in [-0.3, -0.25) is 0 Å². The summed E-state index contributed by atoms with van der Waals surface area (Å²) in [4.78, 5) is 0. The predicted octanol–water partition coefficient (Wildman–Crippen LogP) is 5.06. The number of rotatable bonds is 2. The van der Waals surface area contributed by atoms with Crippen molar-refractivity contribution in [3.63, 3.8) is 0 Å². The van der Waals surface area contributed by atoms with Crippen LogP contribution in [0.25, 0.3) is 11.1 Å². The van der Waals surface area contributed by atoms with Gasteiger partial charge in [0, 0.05) is 0 Å². The Labute approximate surface area is 134 Å². The molecule has 1 unspecified atom stereocenters. The standard InChI is InChI=1S/C21H22Si/c1-15-11-12-17(13-15)22(2,3)21-10-6-9-19-18-8-5-4-7-16(18)14-20(19)21/h4-13,17H,14H2,1-3H3. The van der Waals surface area contributed by atoms with Crippen molar-refractivity contribution in [1.29, 1.82) is 0 Å². The van der Waals surface area contributed by atoms with Crippen LogP contribution in [0.15, 0.2) is 66.3 Å². The zero-order chi connectivity index (χ0) is 15.3. The van der Waals surface area contributed by atoms with Gasteiger partial charge in [0.2, 0.25) is 0 Å². The molecule has 0 saturated carbocycles. The van der Waals surface area contributed by atoms with Crippen LogP contribution >= 0.6 is 0 Å². The van der Waals surface area contributed by atoms with Crippen LogP contribution in [0.4, 0.5) is 0 Å². The van der Waals surface area contributed by atoms with Gasteiger partial charge in [-0.2, -0.15) is 0 Å². The minimum absolute atomic E-state index is 0.628. The molecule has 0 N–H and O–H groups in total. The lowest BCUT2D eigenvalue weighted by molar-refractivity contribution is 1.25. The van der Waals surface area contributed by atoms with Crippen LogP contribution in [-0.2, 0) is 6.42 Å². The second-order valence-corrected chi connectivity index (χ2v) is 11.8. The molecule has 2 aliphatic carbocycles. The second kappa shape index (κ2) is 4.82. The molecule has 2 aromatic carbocycles. The number of benzene rings is 2. The highest BCUT2D eigenvalue weighted by Crippen LogP contribution is 2.38. The lowest BCUT2D eigenvalue weighted by Crippen LogP contribution is -2.46. The molecule has 0 radical (unpaired) electrons. The maximum atomic E-state index is 2.52. The van der Waals surface area contributed by atoms with Gasteiger partial charge >= 0.3 is 0 Å². The Morgan fingerprint density at radius 1 is 0.955 bits per heavy atom. The Bertz CT molecular complexity index is 808. The topological polar surface area (TPSA) is 0 Å². The summed E-state index contributed by atoms with van der Waals surface area (Å²) in [6, 6.07) is 15.9. The van der Waals surface area contributed by atoms with Crippen molar-refractivity contribution in [1.82, 2.24) is 0 Å². The van der Waals surface area contributed by atoms with Crippen LogP contribution in [-0.4, -0.2) is 8.07 Å². The van der Waals surface area contributed by atoms with E-state index in [1.165, 1.54) is 22.3 Å². The Morgan fingerprint density at radius 2 is 1.73 bits per heavy atom. The fourth-order valence-electron chi connectivity index (χ4n) is 4.04. The fourth-order valence-corrected chi connectivity index (χ4v) is 7.18. The molecule has 4 rings (SSSR count). The maximum absolute atomic E-state index is 2.52. The van der Waals surface area contributed by atoms with Crippen molar-refractivity contribution in [3.05, 3.63) is 77.4 Å². The predicted molar refractivity (Wildman–Crippen MR) is 98.4 cm³/mol. The van der Waals surface area contributed by atoms with Crippen LogP contribution in [0, 0.1) is 0 Å². The van der Waals surface area contributed by atoms with Crippen LogP contribution < -0.4 is 5.19 Å². The van der Waals surface area contributed by atoms with Crippen molar-refractivity contribution < 1.29 is 0 Å². The van der Waals surface area contributed by atoms with Crippen LogP contribution in [0.5, 0.6) is 0 Å². The molecule has 0 nitrogen and oxygen atoms in total. The molecule has 22 heavy (non-hydrogen) atoms. The fraction of sp³-hybridized carbons (Fsp3) is 0.238. The van der Waals surface area contributed by atoms with Gasteiger partial charge in [-0.15, -0.1) is 0 Å². The van der Waals surface area contributed by atoms with Gasteiger partial charge in [0.25, 0.3) is 0 Å². The Morgan fingerprint density at radius 3 is 2.50 bits per heavy atom. The molecule has 110 valence electrons. The first kappa shape index (κ1) is 13.8. The Hall–Kier alpha value is -1.86. The summed E-state index contributed by atoms with van der Waals surface area (Å²) in [6.07, 6.45) is 8.28. The molecule has 0 amide bonds. The third-order valence-corrected chi connectivity index (χ3v) is 9.27. The molecule has 1 heteroatoms. The highest BCUT2D eigenvalue weighted by atomic mass is 28.3. The van der Waals surface area contributed by atoms with E-state index in [9.17, 15) is 0 Å². The average molecular weight is 302 g/mol. The molecule has 0 bridgehead atoms. The normalized spacial score (nSPS) is 19.0. The molecule has 2 aliphatic rings. The maximum Gasteiger partial charge on any atom is 0.0915 e. The summed E-state index contributed by atoms with van der Waals surface area (Å²) in [5.74, 6) is 0. The molecule has 0 spiro atoms. The first-order chi connectivity index (χ1) is 10.6. The molecule has 0 aromatic heterocycles. The van der Waals surface area contributed by atoms with Gasteiger partial charge < -0.3 is 0 Å². The quantitative estimate of drug-likeness (QED) is 0.580. The lowest BCUT2D eigenvalue weighted by Gasteiger charge is -2.30. The van der Waals surface area contributed by atoms with Crippen molar-refractivity contribution in [2.24, 2.45) is 0 Å². The molecular formula is C21H22Si. The van der Waals surface area contributed by atoms with E-state index < -0.39 is 8.07 Å². The van der Waals surface area contributed by atoms with Gasteiger partial charge in [-0.1, -0.05) is 84.5 Å². The number of hydrogen-bond acceptors (Lipinski definition) is 0. The monoisotopic (exact) mass is 302 g/mol. The van der Waals surface area contributed by atoms with E-state index in [0.29, 0.717) is 5.54 Å². The van der Waals surface area contributed by atoms with Crippen molar-refractivity contribution >= 4 is 13.3 Å². The largest absolute Gasteiger partial charge is 0.0915 e. The number of hydrogen-bond donors (Lipinski definition) is 0. The Balaban J connectivity index is 1.84. The minimum Gasteiger partial charge on any atom is -0.0797 e. The molecule has 0 saturated heterocycles. The lowest BCUT2D eigenvalue weighted by atomic mass is 10.1. The SMILES string of the molecule is CC1=CC([Si](C)(C)c2cccc3c2Cc2ccccc2-3)C=C1. The van der Waals surface area contributed by atoms with E-state index in [-0.39, 0.29) is 0 Å². The molecule has 1 atom stereocenters. The second-order valence-electron chi connectivity index (χ2n) is 7.18. The van der Waals surface area contributed by atoms with Crippen molar-refractivity contribution in [3.8, 4) is 11.1 Å². The van der Waals surface area contributed by atoms with E-state index in [1.807, 2.05) is 0 Å². The van der Waals surface area contributed by atoms with Gasteiger partial charge in [-0.05, 0) is 41.1 Å². The van der Waals surface area contributed by atoms with Crippen LogP contribution in [0.1, 0.15) is 18.1 Å². The third kappa shape index (κ3) is 1.96. The smallest absolute Gasteiger partial charge is 0.0797 e. The zero-order valence-electron chi connectivity index (χ0n) is 13.6. The first-order valence-corrected chi connectivity index (χ1v) is 11.2. The van der Waals surface area contributed by atoms with Crippen molar-refractivity contribution in [2.75, 3.05) is 0 Å². The summed E-state index contributed by atoms with van der Waals surface area (Å²) >= 11 is 0. The first-order valence-electron chi connectivity index (χ1n) is 8.14. The number of fused-ring (bicyclic) bond motifs is 3. The van der Waals surface area contributed by atoms with Crippen LogP contribution in [0.2, 0.25) is 18.6 Å². The van der Waals surface area contributed by atoms with E-state index in [1.54, 1.807) is 10.8 Å². The summed E-state index contributed by atoms with van der Waals surface area (Å²) in [5.41, 5.74) is 8.04. The third-order valence-electron chi connectivity index (χ3n) is 5.39. The summed E-state index contributed by atoms with van der Waals surface area (Å²) < 4.78 is 0. The minimum atomic E-state index is -1.55. The van der Waals surface area contributed by atoms with Gasteiger partial charge in [-0.25, -0.2) is 0 Å². The van der Waals surface area contributed by atoms with Gasteiger partial charge in [0.15, 0.2) is 0 Å². The average Bonchev–Trinajstić information content (AvgIpc) is 3.10. The van der Waals surface area contributed by atoms with Crippen molar-refractivity contribution in [2.45, 2.75) is 32.0 Å². The molecule has 0 fully saturated rings. The number of allylic oxidation sites excluding steroid dienone is 4. The molecular weight excluding hydrogens is 280 g/mol.